The highest BCUT2D eigenvalue weighted by atomic mass is 35.7. The minimum atomic E-state index is -3.62. The average Bonchev–Trinajstić information content (AvgIpc) is 2.55. The number of para-hydroxylation sites is 1. The second kappa shape index (κ2) is 7.21. The zero-order chi connectivity index (χ0) is 16.9. The Morgan fingerprint density at radius 1 is 0.826 bits per heavy atom. The van der Waals surface area contributed by atoms with Gasteiger partial charge in [-0.15, -0.1) is 0 Å². The molecule has 3 aromatic carbocycles. The summed E-state index contributed by atoms with van der Waals surface area (Å²) in [5.74, 6) is 0. The molecule has 0 aliphatic carbocycles. The highest BCUT2D eigenvalue weighted by Gasteiger charge is 2.09. The van der Waals surface area contributed by atoms with E-state index in [9.17, 15) is 18.5 Å². The molecule has 0 unspecified atom stereocenters. The van der Waals surface area contributed by atoms with Gasteiger partial charge >= 0.3 is 0 Å². The topological polar surface area (TPSA) is 77.3 Å². The molecule has 7 heteroatoms. The number of rotatable bonds is 2. The van der Waals surface area contributed by atoms with E-state index in [1.807, 2.05) is 24.3 Å². The Labute approximate surface area is 137 Å². The van der Waals surface area contributed by atoms with Crippen molar-refractivity contribution in [3.05, 3.63) is 82.9 Å². The fourth-order valence-electron chi connectivity index (χ4n) is 1.87. The molecular formula is C16H12ClNO4S. The van der Waals surface area contributed by atoms with Crippen LogP contribution < -0.4 is 0 Å². The molecule has 0 aromatic heterocycles. The van der Waals surface area contributed by atoms with Gasteiger partial charge in [-0.2, -0.15) is 0 Å². The van der Waals surface area contributed by atoms with Crippen LogP contribution in [0, 0.1) is 10.1 Å². The van der Waals surface area contributed by atoms with Crippen LogP contribution in [0.2, 0.25) is 0 Å². The monoisotopic (exact) mass is 349 g/mol. The van der Waals surface area contributed by atoms with Gasteiger partial charge in [-0.25, -0.2) is 8.42 Å². The Morgan fingerprint density at radius 3 is 1.91 bits per heavy atom. The lowest BCUT2D eigenvalue weighted by molar-refractivity contribution is -0.384. The van der Waals surface area contributed by atoms with Crippen LogP contribution in [0.3, 0.4) is 0 Å². The predicted molar refractivity (Wildman–Crippen MR) is 90.1 cm³/mol. The van der Waals surface area contributed by atoms with Crippen molar-refractivity contribution in [3.63, 3.8) is 0 Å². The molecule has 0 fully saturated rings. The molecular weight excluding hydrogens is 338 g/mol. The van der Waals surface area contributed by atoms with Crippen molar-refractivity contribution in [2.24, 2.45) is 0 Å². The molecule has 3 rings (SSSR count). The summed E-state index contributed by atoms with van der Waals surface area (Å²) in [4.78, 5) is 9.73. The van der Waals surface area contributed by atoms with Gasteiger partial charge in [-0.05, 0) is 22.9 Å². The van der Waals surface area contributed by atoms with E-state index in [1.54, 1.807) is 30.3 Å². The van der Waals surface area contributed by atoms with Gasteiger partial charge in [0.05, 0.1) is 9.82 Å². The van der Waals surface area contributed by atoms with Gasteiger partial charge in [-0.1, -0.05) is 48.5 Å². The molecule has 0 saturated heterocycles. The van der Waals surface area contributed by atoms with Crippen molar-refractivity contribution < 1.29 is 13.3 Å². The molecule has 23 heavy (non-hydrogen) atoms. The Kier molecular flexibility index (Phi) is 5.31. The number of fused-ring (bicyclic) bond motifs is 1. The van der Waals surface area contributed by atoms with Crippen molar-refractivity contribution in [1.29, 1.82) is 0 Å². The number of nitro groups is 1. The third-order valence-electron chi connectivity index (χ3n) is 2.97. The first-order chi connectivity index (χ1) is 10.9. The van der Waals surface area contributed by atoms with Crippen LogP contribution in [0.15, 0.2) is 77.7 Å². The minimum absolute atomic E-state index is 0.137. The lowest BCUT2D eigenvalue weighted by atomic mass is 10.1. The first kappa shape index (κ1) is 16.9. The van der Waals surface area contributed by atoms with E-state index >= 15 is 0 Å². The molecule has 0 heterocycles. The van der Waals surface area contributed by atoms with Crippen molar-refractivity contribution in [2.45, 2.75) is 4.90 Å². The number of nitro benzene ring substituents is 1. The normalized spacial score (nSPS) is 10.7. The first-order valence-electron chi connectivity index (χ1n) is 6.51. The SMILES string of the molecule is O=S(=O)(Cl)c1ccc2ccccc2c1.O=[N+]([O-])c1ccccc1. The van der Waals surface area contributed by atoms with E-state index in [-0.39, 0.29) is 10.6 Å². The van der Waals surface area contributed by atoms with Gasteiger partial charge < -0.3 is 0 Å². The molecule has 0 N–H and O–H groups in total. The van der Waals surface area contributed by atoms with E-state index in [1.165, 1.54) is 18.2 Å². The van der Waals surface area contributed by atoms with Crippen LogP contribution in [0.4, 0.5) is 5.69 Å². The van der Waals surface area contributed by atoms with Gasteiger partial charge in [0.15, 0.2) is 0 Å². The van der Waals surface area contributed by atoms with Crippen molar-refractivity contribution >= 4 is 36.2 Å². The van der Waals surface area contributed by atoms with E-state index in [0.29, 0.717) is 0 Å². The summed E-state index contributed by atoms with van der Waals surface area (Å²) in [6.07, 6.45) is 0. The average molecular weight is 350 g/mol. The lowest BCUT2D eigenvalue weighted by Crippen LogP contribution is -1.89. The van der Waals surface area contributed by atoms with Gasteiger partial charge in [0.25, 0.3) is 14.7 Å². The maximum Gasteiger partial charge on any atom is 0.269 e. The largest absolute Gasteiger partial charge is 0.269 e. The maximum atomic E-state index is 11.0. The highest BCUT2D eigenvalue weighted by Crippen LogP contribution is 2.21. The van der Waals surface area contributed by atoms with Crippen molar-refractivity contribution in [2.75, 3.05) is 0 Å². The lowest BCUT2D eigenvalue weighted by Gasteiger charge is -1.99. The molecule has 0 amide bonds. The molecule has 0 atom stereocenters. The molecule has 118 valence electrons. The molecule has 5 nitrogen and oxygen atoms in total. The number of halogens is 1. The minimum Gasteiger partial charge on any atom is -0.258 e. The zero-order valence-corrected chi connectivity index (χ0v) is 13.4. The van der Waals surface area contributed by atoms with Crippen LogP contribution in [-0.2, 0) is 9.05 Å². The summed E-state index contributed by atoms with van der Waals surface area (Å²) >= 11 is 0. The Morgan fingerprint density at radius 2 is 1.39 bits per heavy atom. The molecule has 0 spiro atoms. The number of non-ortho nitro benzene ring substituents is 1. The molecule has 3 aromatic rings. The highest BCUT2D eigenvalue weighted by molar-refractivity contribution is 8.13. The van der Waals surface area contributed by atoms with Crippen LogP contribution >= 0.6 is 10.7 Å². The Balaban J connectivity index is 0.000000185. The van der Waals surface area contributed by atoms with Crippen molar-refractivity contribution in [1.82, 2.24) is 0 Å². The van der Waals surface area contributed by atoms with Crippen LogP contribution in [-0.4, -0.2) is 13.3 Å². The third-order valence-corrected chi connectivity index (χ3v) is 4.32. The number of benzene rings is 3. The number of hydrogen-bond acceptors (Lipinski definition) is 4. The van der Waals surface area contributed by atoms with E-state index in [0.717, 1.165) is 10.8 Å². The standard InChI is InChI=1S/C10H7ClO2S.C6H5NO2/c11-14(12,13)10-6-5-8-3-1-2-4-9(8)7-10;8-7(9)6-4-2-1-3-5-6/h1-7H;1-5H. The smallest absolute Gasteiger partial charge is 0.258 e. The van der Waals surface area contributed by atoms with Crippen LogP contribution in [0.25, 0.3) is 10.8 Å². The number of nitrogens with zero attached hydrogens (tertiary/aromatic N) is 1. The summed E-state index contributed by atoms with van der Waals surface area (Å²) in [5.41, 5.74) is 0.137. The summed E-state index contributed by atoms with van der Waals surface area (Å²) in [6.45, 7) is 0. The van der Waals surface area contributed by atoms with E-state index in [4.69, 9.17) is 10.7 Å². The fraction of sp³-hybridized carbons (Fsp3) is 0. The second-order valence-electron chi connectivity index (χ2n) is 4.54. The third kappa shape index (κ3) is 4.77. The summed E-state index contributed by atoms with van der Waals surface area (Å²) in [7, 11) is 1.61. The van der Waals surface area contributed by atoms with Crippen molar-refractivity contribution in [3.8, 4) is 0 Å². The van der Waals surface area contributed by atoms with Gasteiger partial charge in [0, 0.05) is 22.8 Å². The Bertz CT molecular complexity index is 927. The van der Waals surface area contributed by atoms with Crippen LogP contribution in [0.5, 0.6) is 0 Å². The predicted octanol–water partition coefficient (Wildman–Crippen LogP) is 4.36. The maximum absolute atomic E-state index is 11.0. The van der Waals surface area contributed by atoms with Gasteiger partial charge in [0.2, 0.25) is 0 Å². The quantitative estimate of drug-likeness (QED) is 0.391. The van der Waals surface area contributed by atoms with Gasteiger partial charge in [0.1, 0.15) is 0 Å². The summed E-state index contributed by atoms with van der Waals surface area (Å²) in [6, 6.07) is 20.3. The molecule has 0 saturated carbocycles. The van der Waals surface area contributed by atoms with E-state index < -0.39 is 14.0 Å². The van der Waals surface area contributed by atoms with E-state index in [2.05, 4.69) is 0 Å². The summed E-state index contributed by atoms with van der Waals surface area (Å²) < 4.78 is 22.1. The molecule has 0 bridgehead atoms. The van der Waals surface area contributed by atoms with Crippen LogP contribution in [0.1, 0.15) is 0 Å². The molecule has 0 aliphatic heterocycles. The fourth-order valence-corrected chi connectivity index (χ4v) is 2.66. The second-order valence-corrected chi connectivity index (χ2v) is 7.11. The molecule has 0 aliphatic rings. The van der Waals surface area contributed by atoms with Gasteiger partial charge in [-0.3, -0.25) is 10.1 Å². The number of hydrogen-bond donors (Lipinski definition) is 0. The zero-order valence-electron chi connectivity index (χ0n) is 11.8. The summed E-state index contributed by atoms with van der Waals surface area (Å²) in [5, 5.41) is 11.9. The molecule has 0 radical (unpaired) electrons. The Hall–Kier alpha value is -2.44. The first-order valence-corrected chi connectivity index (χ1v) is 8.82.